The van der Waals surface area contributed by atoms with Gasteiger partial charge in [-0.2, -0.15) is 0 Å². The quantitative estimate of drug-likeness (QED) is 0.931. The lowest BCUT2D eigenvalue weighted by Gasteiger charge is -2.21. The zero-order valence-corrected chi connectivity index (χ0v) is 11.7. The number of rotatable bonds is 3. The predicted octanol–water partition coefficient (Wildman–Crippen LogP) is 2.52. The topological polar surface area (TPSA) is 57.6 Å². The maximum absolute atomic E-state index is 12.4. The van der Waals surface area contributed by atoms with Crippen LogP contribution in [0.2, 0.25) is 5.02 Å². The molecule has 1 N–H and O–H groups in total. The van der Waals surface area contributed by atoms with E-state index in [4.69, 9.17) is 16.7 Å². The summed E-state index contributed by atoms with van der Waals surface area (Å²) < 4.78 is 0. The van der Waals surface area contributed by atoms with Crippen molar-refractivity contribution in [1.29, 1.82) is 0 Å². The summed E-state index contributed by atoms with van der Waals surface area (Å²) in [6.45, 7) is 0.564. The normalized spacial score (nSPS) is 28.4. The van der Waals surface area contributed by atoms with Crippen LogP contribution in [0.25, 0.3) is 0 Å². The molecule has 2 fully saturated rings. The average molecular weight is 294 g/mol. The number of aliphatic carboxylic acids is 1. The van der Waals surface area contributed by atoms with E-state index < -0.39 is 12.0 Å². The Morgan fingerprint density at radius 1 is 1.35 bits per heavy atom. The number of likely N-dealkylation sites (tertiary alicyclic amines) is 1. The van der Waals surface area contributed by atoms with E-state index in [1.165, 1.54) is 4.90 Å². The van der Waals surface area contributed by atoms with Gasteiger partial charge in [0.1, 0.15) is 6.04 Å². The first-order chi connectivity index (χ1) is 9.58. The van der Waals surface area contributed by atoms with Crippen molar-refractivity contribution in [2.45, 2.75) is 31.2 Å². The maximum atomic E-state index is 12.4. The molecule has 0 radical (unpaired) electrons. The largest absolute Gasteiger partial charge is 0.480 e. The lowest BCUT2D eigenvalue weighted by atomic mass is 10.1. The standard InChI is InChI=1S/C15H16ClNO3/c16-10-4-1-3-9(7-10)11-8-12(11)14(18)17-6-2-5-13(17)15(19)20/h1,3-4,7,11-13H,2,5-6,8H2,(H,19,20)/t11-,12-,13+/m0/s1. The highest BCUT2D eigenvalue weighted by Gasteiger charge is 2.48. The van der Waals surface area contributed by atoms with Crippen LogP contribution in [0.4, 0.5) is 0 Å². The third-order valence-corrected chi connectivity index (χ3v) is 4.44. The number of hydrogen-bond donors (Lipinski definition) is 1. The average Bonchev–Trinajstić information content (AvgIpc) is 3.06. The number of hydrogen-bond acceptors (Lipinski definition) is 2. The van der Waals surface area contributed by atoms with Gasteiger partial charge in [0.05, 0.1) is 0 Å². The molecule has 1 saturated carbocycles. The summed E-state index contributed by atoms with van der Waals surface area (Å²) in [7, 11) is 0. The minimum atomic E-state index is -0.893. The van der Waals surface area contributed by atoms with Gasteiger partial charge < -0.3 is 10.0 Å². The zero-order chi connectivity index (χ0) is 14.3. The smallest absolute Gasteiger partial charge is 0.326 e. The van der Waals surface area contributed by atoms with Gasteiger partial charge in [-0.25, -0.2) is 4.79 Å². The molecule has 1 aromatic carbocycles. The Labute approximate surface area is 122 Å². The Morgan fingerprint density at radius 2 is 2.15 bits per heavy atom. The van der Waals surface area contributed by atoms with Crippen LogP contribution in [-0.2, 0) is 9.59 Å². The highest BCUT2D eigenvalue weighted by Crippen LogP contribution is 2.49. The van der Waals surface area contributed by atoms with Crippen LogP contribution < -0.4 is 0 Å². The first-order valence-corrected chi connectivity index (χ1v) is 7.24. The molecule has 1 aliphatic carbocycles. The van der Waals surface area contributed by atoms with Gasteiger partial charge in [0.25, 0.3) is 0 Å². The van der Waals surface area contributed by atoms with Crippen molar-refractivity contribution in [1.82, 2.24) is 4.90 Å². The molecule has 3 atom stereocenters. The summed E-state index contributed by atoms with van der Waals surface area (Å²) >= 11 is 5.96. The van der Waals surface area contributed by atoms with Crippen molar-refractivity contribution in [3.8, 4) is 0 Å². The number of amides is 1. The number of halogens is 1. The zero-order valence-electron chi connectivity index (χ0n) is 11.0. The van der Waals surface area contributed by atoms with E-state index in [9.17, 15) is 9.59 Å². The molecule has 0 spiro atoms. The Balaban J connectivity index is 1.70. The summed E-state index contributed by atoms with van der Waals surface area (Å²) in [6.07, 6.45) is 2.13. The summed E-state index contributed by atoms with van der Waals surface area (Å²) in [5.74, 6) is -0.791. The van der Waals surface area contributed by atoms with Gasteiger partial charge in [-0.15, -0.1) is 0 Å². The minimum Gasteiger partial charge on any atom is -0.480 e. The fourth-order valence-corrected chi connectivity index (χ4v) is 3.27. The molecule has 3 rings (SSSR count). The second-order valence-electron chi connectivity index (χ2n) is 5.53. The molecule has 2 aliphatic rings. The SMILES string of the molecule is O=C(O)[C@H]1CCCN1C(=O)[C@H]1C[C@H]1c1cccc(Cl)c1. The number of benzene rings is 1. The van der Waals surface area contributed by atoms with Crippen molar-refractivity contribution >= 4 is 23.5 Å². The van der Waals surface area contributed by atoms with E-state index in [2.05, 4.69) is 0 Å². The number of carbonyl (C=O) groups is 2. The predicted molar refractivity (Wildman–Crippen MR) is 74.7 cm³/mol. The molecule has 20 heavy (non-hydrogen) atoms. The molecule has 0 unspecified atom stereocenters. The Kier molecular flexibility index (Phi) is 3.42. The molecule has 5 heteroatoms. The fourth-order valence-electron chi connectivity index (χ4n) is 3.07. The first-order valence-electron chi connectivity index (χ1n) is 6.86. The monoisotopic (exact) mass is 293 g/mol. The molecule has 1 heterocycles. The van der Waals surface area contributed by atoms with Gasteiger partial charge in [-0.3, -0.25) is 4.79 Å². The Hall–Kier alpha value is -1.55. The molecule has 1 aliphatic heterocycles. The third-order valence-electron chi connectivity index (χ3n) is 4.21. The van der Waals surface area contributed by atoms with Crippen LogP contribution >= 0.6 is 11.6 Å². The molecule has 106 valence electrons. The summed E-state index contributed by atoms with van der Waals surface area (Å²) in [6, 6.07) is 6.92. The van der Waals surface area contributed by atoms with Gasteiger partial charge >= 0.3 is 5.97 Å². The van der Waals surface area contributed by atoms with Crippen LogP contribution in [0.5, 0.6) is 0 Å². The molecular weight excluding hydrogens is 278 g/mol. The van der Waals surface area contributed by atoms with Gasteiger partial charge in [0.15, 0.2) is 0 Å². The van der Waals surface area contributed by atoms with Gasteiger partial charge in [-0.05, 0) is 42.9 Å². The van der Waals surface area contributed by atoms with Crippen molar-refractivity contribution < 1.29 is 14.7 Å². The number of nitrogens with zero attached hydrogens (tertiary/aromatic N) is 1. The highest BCUT2D eigenvalue weighted by molar-refractivity contribution is 6.30. The lowest BCUT2D eigenvalue weighted by Crippen LogP contribution is -2.41. The van der Waals surface area contributed by atoms with E-state index in [0.29, 0.717) is 18.0 Å². The molecular formula is C15H16ClNO3. The van der Waals surface area contributed by atoms with Crippen molar-refractivity contribution in [3.63, 3.8) is 0 Å². The second-order valence-corrected chi connectivity index (χ2v) is 5.97. The van der Waals surface area contributed by atoms with Crippen LogP contribution in [0.15, 0.2) is 24.3 Å². The van der Waals surface area contributed by atoms with Crippen molar-refractivity contribution in [2.75, 3.05) is 6.54 Å². The third kappa shape index (κ3) is 2.40. The number of carboxylic acid groups (broad SMARTS) is 1. The van der Waals surface area contributed by atoms with Gasteiger partial charge in [0.2, 0.25) is 5.91 Å². The summed E-state index contributed by atoms with van der Waals surface area (Å²) in [4.78, 5) is 25.1. The Bertz CT molecular complexity index is 560. The molecule has 4 nitrogen and oxygen atoms in total. The van der Waals surface area contributed by atoms with Crippen molar-refractivity contribution in [3.05, 3.63) is 34.9 Å². The summed E-state index contributed by atoms with van der Waals surface area (Å²) in [5, 5.41) is 9.81. The Morgan fingerprint density at radius 3 is 2.85 bits per heavy atom. The van der Waals surface area contributed by atoms with E-state index in [-0.39, 0.29) is 17.7 Å². The fraction of sp³-hybridized carbons (Fsp3) is 0.467. The second kappa shape index (κ2) is 5.09. The molecule has 1 aromatic rings. The van der Waals surface area contributed by atoms with Crippen LogP contribution in [0.3, 0.4) is 0 Å². The number of carboxylic acids is 1. The summed E-state index contributed by atoms with van der Waals surface area (Å²) in [5.41, 5.74) is 1.07. The van der Waals surface area contributed by atoms with Crippen LogP contribution in [0, 0.1) is 5.92 Å². The highest BCUT2D eigenvalue weighted by atomic mass is 35.5. The molecule has 0 bridgehead atoms. The molecule has 1 saturated heterocycles. The minimum absolute atomic E-state index is 0.0140. The van der Waals surface area contributed by atoms with Crippen LogP contribution in [0.1, 0.15) is 30.7 Å². The molecule has 1 amide bonds. The first kappa shape index (κ1) is 13.4. The van der Waals surface area contributed by atoms with E-state index in [1.54, 1.807) is 0 Å². The van der Waals surface area contributed by atoms with Gasteiger partial charge in [0, 0.05) is 17.5 Å². The van der Waals surface area contributed by atoms with E-state index in [1.807, 2.05) is 24.3 Å². The maximum Gasteiger partial charge on any atom is 0.326 e. The number of carbonyl (C=O) groups excluding carboxylic acids is 1. The van der Waals surface area contributed by atoms with E-state index >= 15 is 0 Å². The lowest BCUT2D eigenvalue weighted by molar-refractivity contribution is -0.148. The van der Waals surface area contributed by atoms with E-state index in [0.717, 1.165) is 18.4 Å². The van der Waals surface area contributed by atoms with Crippen LogP contribution in [-0.4, -0.2) is 34.5 Å². The van der Waals surface area contributed by atoms with Crippen molar-refractivity contribution in [2.24, 2.45) is 5.92 Å². The molecule has 0 aromatic heterocycles. The van der Waals surface area contributed by atoms with Gasteiger partial charge in [-0.1, -0.05) is 23.7 Å².